The molecular weight excluding hydrogens is 283 g/mol. The third-order valence-corrected chi connectivity index (χ3v) is 3.29. The minimum Gasteiger partial charge on any atom is -0.478 e. The second kappa shape index (κ2) is 6.56. The molecule has 0 radical (unpaired) electrons. The Kier molecular flexibility index (Phi) is 4.75. The van der Waals surface area contributed by atoms with Crippen molar-refractivity contribution < 1.29 is 13.9 Å². The van der Waals surface area contributed by atoms with Gasteiger partial charge >= 0.3 is 0 Å². The van der Waals surface area contributed by atoms with Gasteiger partial charge < -0.3 is 10.1 Å². The smallest absolute Gasteiger partial charge is 0.264 e. The van der Waals surface area contributed by atoms with E-state index in [0.29, 0.717) is 5.75 Å². The van der Waals surface area contributed by atoms with Gasteiger partial charge in [-0.1, -0.05) is 0 Å². The molecule has 0 saturated heterocycles. The first-order chi connectivity index (χ1) is 10.4. The highest BCUT2D eigenvalue weighted by atomic mass is 19.1. The molecular formula is C17H19FN2O2. The van der Waals surface area contributed by atoms with Gasteiger partial charge in [0.2, 0.25) is 0 Å². The molecule has 5 heteroatoms. The first-order valence-corrected chi connectivity index (χ1v) is 7.04. The number of pyridine rings is 1. The number of nitrogens with one attached hydrogen (secondary N) is 1. The molecule has 0 spiro atoms. The predicted octanol–water partition coefficient (Wildman–Crippen LogP) is 3.26. The van der Waals surface area contributed by atoms with Crippen LogP contribution < -0.4 is 10.1 Å². The lowest BCUT2D eigenvalue weighted by Gasteiger charge is -2.27. The zero-order valence-electron chi connectivity index (χ0n) is 12.8. The van der Waals surface area contributed by atoms with Gasteiger partial charge in [-0.05, 0) is 62.7 Å². The molecule has 0 saturated carbocycles. The Balaban J connectivity index is 2.02. The molecule has 1 amide bonds. The van der Waals surface area contributed by atoms with E-state index in [1.165, 1.54) is 24.3 Å². The Labute approximate surface area is 129 Å². The maximum Gasteiger partial charge on any atom is 0.264 e. The van der Waals surface area contributed by atoms with Crippen molar-refractivity contribution in [3.63, 3.8) is 0 Å². The lowest BCUT2D eigenvalue weighted by atomic mass is 10.1. The number of hydrogen-bond acceptors (Lipinski definition) is 3. The minimum atomic E-state index is -1.07. The molecule has 22 heavy (non-hydrogen) atoms. The van der Waals surface area contributed by atoms with Crippen LogP contribution in [0.5, 0.6) is 5.75 Å². The zero-order valence-corrected chi connectivity index (χ0v) is 12.8. The molecule has 116 valence electrons. The molecule has 1 heterocycles. The first kappa shape index (κ1) is 15.9. The summed E-state index contributed by atoms with van der Waals surface area (Å²) in [6.45, 7) is 5.23. The molecule has 2 aromatic rings. The van der Waals surface area contributed by atoms with Gasteiger partial charge in [0.1, 0.15) is 11.6 Å². The number of benzene rings is 1. The van der Waals surface area contributed by atoms with Crippen molar-refractivity contribution in [2.75, 3.05) is 0 Å². The third kappa shape index (κ3) is 4.04. The summed E-state index contributed by atoms with van der Waals surface area (Å²) in [6.07, 6.45) is 3.36. The number of rotatable bonds is 5. The van der Waals surface area contributed by atoms with Gasteiger partial charge in [0.15, 0.2) is 5.60 Å². The van der Waals surface area contributed by atoms with Gasteiger partial charge in [0.05, 0.1) is 6.04 Å². The summed E-state index contributed by atoms with van der Waals surface area (Å²) in [5.41, 5.74) is -0.111. The number of nitrogens with zero attached hydrogens (tertiary/aromatic N) is 1. The summed E-state index contributed by atoms with van der Waals surface area (Å²) in [4.78, 5) is 16.3. The van der Waals surface area contributed by atoms with Crippen molar-refractivity contribution in [3.05, 3.63) is 60.2 Å². The summed E-state index contributed by atoms with van der Waals surface area (Å²) in [6, 6.07) is 9.11. The van der Waals surface area contributed by atoms with Gasteiger partial charge in [0, 0.05) is 12.4 Å². The molecule has 1 atom stereocenters. The number of hydrogen-bond donors (Lipinski definition) is 1. The summed E-state index contributed by atoms with van der Waals surface area (Å²) < 4.78 is 18.6. The van der Waals surface area contributed by atoms with Crippen LogP contribution >= 0.6 is 0 Å². The molecule has 2 rings (SSSR count). The molecule has 1 unspecified atom stereocenters. The lowest BCUT2D eigenvalue weighted by Crippen LogP contribution is -2.47. The van der Waals surface area contributed by atoms with E-state index in [0.717, 1.165) is 5.56 Å². The molecule has 0 fully saturated rings. The van der Waals surface area contributed by atoms with Crippen molar-refractivity contribution in [2.45, 2.75) is 32.4 Å². The van der Waals surface area contributed by atoms with Crippen molar-refractivity contribution in [1.29, 1.82) is 0 Å². The van der Waals surface area contributed by atoms with Gasteiger partial charge in [-0.3, -0.25) is 9.78 Å². The van der Waals surface area contributed by atoms with Crippen LogP contribution in [0.25, 0.3) is 0 Å². The predicted molar refractivity (Wildman–Crippen MR) is 81.9 cm³/mol. The van der Waals surface area contributed by atoms with Crippen LogP contribution in [-0.4, -0.2) is 16.5 Å². The number of ether oxygens (including phenoxy) is 1. The van der Waals surface area contributed by atoms with E-state index in [1.54, 1.807) is 26.2 Å². The normalized spacial score (nSPS) is 12.5. The first-order valence-electron chi connectivity index (χ1n) is 7.04. The van der Waals surface area contributed by atoms with Crippen molar-refractivity contribution in [3.8, 4) is 5.75 Å². The van der Waals surface area contributed by atoms with Crippen LogP contribution in [0.15, 0.2) is 48.8 Å². The maximum absolute atomic E-state index is 12.9. The van der Waals surface area contributed by atoms with Crippen molar-refractivity contribution in [2.24, 2.45) is 0 Å². The van der Waals surface area contributed by atoms with E-state index in [4.69, 9.17) is 4.74 Å². The number of amides is 1. The van der Waals surface area contributed by atoms with Crippen LogP contribution in [0, 0.1) is 5.82 Å². The summed E-state index contributed by atoms with van der Waals surface area (Å²) >= 11 is 0. The summed E-state index contributed by atoms with van der Waals surface area (Å²) in [7, 11) is 0. The highest BCUT2D eigenvalue weighted by Crippen LogP contribution is 2.20. The zero-order chi connectivity index (χ0) is 16.2. The standard InChI is InChI=1S/C17H19FN2O2/c1-12(13-8-10-19-11-9-13)20-16(21)17(2,3)22-15-6-4-14(18)5-7-15/h4-12H,1-3H3,(H,20,21). The second-order valence-electron chi connectivity index (χ2n) is 5.54. The average Bonchev–Trinajstić information content (AvgIpc) is 2.50. The maximum atomic E-state index is 12.9. The fraction of sp³-hybridized carbons (Fsp3) is 0.294. The van der Waals surface area contributed by atoms with Crippen molar-refractivity contribution in [1.82, 2.24) is 10.3 Å². The molecule has 0 bridgehead atoms. The topological polar surface area (TPSA) is 51.2 Å². The fourth-order valence-electron chi connectivity index (χ4n) is 1.95. The summed E-state index contributed by atoms with van der Waals surface area (Å²) in [5, 5.41) is 2.90. The number of carbonyl (C=O) groups is 1. The molecule has 0 aliphatic carbocycles. The largest absolute Gasteiger partial charge is 0.478 e. The molecule has 1 aromatic heterocycles. The van der Waals surface area contributed by atoms with E-state index < -0.39 is 5.60 Å². The Hall–Kier alpha value is -2.43. The Morgan fingerprint density at radius 2 is 1.77 bits per heavy atom. The van der Waals surface area contributed by atoms with Crippen LogP contribution in [0.2, 0.25) is 0 Å². The Bertz CT molecular complexity index is 627. The minimum absolute atomic E-state index is 0.161. The highest BCUT2D eigenvalue weighted by Gasteiger charge is 2.31. The number of halogens is 1. The SMILES string of the molecule is CC(NC(=O)C(C)(C)Oc1ccc(F)cc1)c1ccncc1. The van der Waals surface area contributed by atoms with Crippen LogP contribution in [-0.2, 0) is 4.79 Å². The molecule has 0 aliphatic rings. The van der Waals surface area contributed by atoms with Crippen molar-refractivity contribution >= 4 is 5.91 Å². The Morgan fingerprint density at radius 1 is 1.18 bits per heavy atom. The molecule has 0 aliphatic heterocycles. The van der Waals surface area contributed by atoms with Crippen LogP contribution in [0.3, 0.4) is 0 Å². The van der Waals surface area contributed by atoms with Crippen LogP contribution in [0.1, 0.15) is 32.4 Å². The molecule has 1 aromatic carbocycles. The Morgan fingerprint density at radius 3 is 2.36 bits per heavy atom. The van der Waals surface area contributed by atoms with Gasteiger partial charge in [0.25, 0.3) is 5.91 Å². The average molecular weight is 302 g/mol. The molecule has 4 nitrogen and oxygen atoms in total. The van der Waals surface area contributed by atoms with E-state index >= 15 is 0 Å². The second-order valence-corrected chi connectivity index (χ2v) is 5.54. The number of carbonyl (C=O) groups excluding carboxylic acids is 1. The van der Waals surface area contributed by atoms with E-state index in [9.17, 15) is 9.18 Å². The van der Waals surface area contributed by atoms with E-state index in [2.05, 4.69) is 10.3 Å². The summed E-state index contributed by atoms with van der Waals surface area (Å²) in [5.74, 6) is -0.153. The highest BCUT2D eigenvalue weighted by molar-refractivity contribution is 5.85. The van der Waals surface area contributed by atoms with Gasteiger partial charge in [-0.15, -0.1) is 0 Å². The number of aromatic nitrogens is 1. The van der Waals surface area contributed by atoms with Crippen LogP contribution in [0.4, 0.5) is 4.39 Å². The fourth-order valence-corrected chi connectivity index (χ4v) is 1.95. The quantitative estimate of drug-likeness (QED) is 0.922. The van der Waals surface area contributed by atoms with Gasteiger partial charge in [-0.25, -0.2) is 4.39 Å². The van der Waals surface area contributed by atoms with E-state index in [1.807, 2.05) is 19.1 Å². The van der Waals surface area contributed by atoms with E-state index in [-0.39, 0.29) is 17.8 Å². The lowest BCUT2D eigenvalue weighted by molar-refractivity contribution is -0.134. The third-order valence-electron chi connectivity index (χ3n) is 3.29. The monoisotopic (exact) mass is 302 g/mol. The van der Waals surface area contributed by atoms with Gasteiger partial charge in [-0.2, -0.15) is 0 Å². The molecule has 1 N–H and O–H groups in total.